The summed E-state index contributed by atoms with van der Waals surface area (Å²) in [6.45, 7) is 2.31. The molecule has 1 aliphatic rings. The molecule has 0 spiro atoms. The quantitative estimate of drug-likeness (QED) is 0.561. The van der Waals surface area contributed by atoms with Crippen LogP contribution in [-0.2, 0) is 25.0 Å². The van der Waals surface area contributed by atoms with Gasteiger partial charge in [-0.2, -0.15) is 17.0 Å². The molecule has 34 heavy (non-hydrogen) atoms. The van der Waals surface area contributed by atoms with Crippen molar-refractivity contribution in [1.29, 1.82) is 0 Å². The van der Waals surface area contributed by atoms with Crippen molar-refractivity contribution < 1.29 is 26.4 Å². The SMILES string of the molecule is COc1ccc(C)cc1NS(=O)(=O)c1ccc(NC(=O)C2CCCN(S(=O)(=O)N(C)C)C2)cc1. The van der Waals surface area contributed by atoms with Gasteiger partial charge in [-0.3, -0.25) is 9.52 Å². The third-order valence-electron chi connectivity index (χ3n) is 5.57. The van der Waals surface area contributed by atoms with E-state index in [1.54, 1.807) is 12.1 Å². The lowest BCUT2D eigenvalue weighted by molar-refractivity contribution is -0.120. The van der Waals surface area contributed by atoms with Crippen molar-refractivity contribution in [3.8, 4) is 5.75 Å². The van der Waals surface area contributed by atoms with Crippen LogP contribution in [0.25, 0.3) is 0 Å². The molecule has 186 valence electrons. The maximum absolute atomic E-state index is 12.8. The molecule has 1 unspecified atom stereocenters. The Morgan fingerprint density at radius 2 is 1.76 bits per heavy atom. The van der Waals surface area contributed by atoms with Gasteiger partial charge in [-0.1, -0.05) is 6.07 Å². The van der Waals surface area contributed by atoms with Gasteiger partial charge in [-0.25, -0.2) is 8.42 Å². The molecule has 0 saturated carbocycles. The molecule has 1 amide bonds. The van der Waals surface area contributed by atoms with E-state index in [0.717, 1.165) is 9.87 Å². The summed E-state index contributed by atoms with van der Waals surface area (Å²) < 4.78 is 60.6. The van der Waals surface area contributed by atoms with Crippen LogP contribution in [0, 0.1) is 12.8 Å². The lowest BCUT2D eigenvalue weighted by Crippen LogP contribution is -2.47. The van der Waals surface area contributed by atoms with Crippen molar-refractivity contribution >= 4 is 37.5 Å². The van der Waals surface area contributed by atoms with Gasteiger partial charge in [0, 0.05) is 32.9 Å². The molecule has 1 aliphatic heterocycles. The number of nitrogens with zero attached hydrogens (tertiary/aromatic N) is 2. The van der Waals surface area contributed by atoms with Crippen molar-refractivity contribution in [2.45, 2.75) is 24.7 Å². The molecule has 1 heterocycles. The molecule has 0 aliphatic carbocycles. The summed E-state index contributed by atoms with van der Waals surface area (Å²) in [5.41, 5.74) is 1.62. The number of anilines is 2. The van der Waals surface area contributed by atoms with Crippen LogP contribution in [0.4, 0.5) is 11.4 Å². The smallest absolute Gasteiger partial charge is 0.281 e. The van der Waals surface area contributed by atoms with Crippen molar-refractivity contribution in [2.75, 3.05) is 44.3 Å². The molecule has 0 radical (unpaired) electrons. The second kappa shape index (κ2) is 10.3. The van der Waals surface area contributed by atoms with Crippen LogP contribution in [0.2, 0.25) is 0 Å². The van der Waals surface area contributed by atoms with Crippen LogP contribution in [0.3, 0.4) is 0 Å². The molecule has 1 fully saturated rings. The Morgan fingerprint density at radius 1 is 1.09 bits per heavy atom. The topological polar surface area (TPSA) is 125 Å². The van der Waals surface area contributed by atoms with E-state index in [1.165, 1.54) is 49.8 Å². The Morgan fingerprint density at radius 3 is 2.38 bits per heavy atom. The van der Waals surface area contributed by atoms with Crippen molar-refractivity contribution in [3.63, 3.8) is 0 Å². The number of sulfonamides is 1. The van der Waals surface area contributed by atoms with Crippen LogP contribution in [0.1, 0.15) is 18.4 Å². The molecule has 10 nitrogen and oxygen atoms in total. The number of amides is 1. The van der Waals surface area contributed by atoms with Gasteiger partial charge in [0.15, 0.2) is 0 Å². The third-order valence-corrected chi connectivity index (χ3v) is 8.86. The fourth-order valence-electron chi connectivity index (χ4n) is 3.66. The number of hydrogen-bond donors (Lipinski definition) is 2. The largest absolute Gasteiger partial charge is 0.495 e. The standard InChI is InChI=1S/C22H30N4O6S2/c1-16-7-12-21(32-4)20(14-16)24-33(28,29)19-10-8-18(9-11-19)23-22(27)17-6-5-13-26(15-17)34(30,31)25(2)3/h7-12,14,17,24H,5-6,13,15H2,1-4H3,(H,23,27). The molecular formula is C22H30N4O6S2. The maximum Gasteiger partial charge on any atom is 0.281 e. The average Bonchev–Trinajstić information content (AvgIpc) is 2.79. The van der Waals surface area contributed by atoms with E-state index >= 15 is 0 Å². The summed E-state index contributed by atoms with van der Waals surface area (Å²) in [6, 6.07) is 11.0. The van der Waals surface area contributed by atoms with E-state index in [0.29, 0.717) is 36.5 Å². The van der Waals surface area contributed by atoms with Crippen LogP contribution in [0.15, 0.2) is 47.4 Å². The zero-order valence-electron chi connectivity index (χ0n) is 19.6. The lowest BCUT2D eigenvalue weighted by atomic mass is 9.99. The first-order valence-corrected chi connectivity index (χ1v) is 13.6. The number of nitrogens with one attached hydrogen (secondary N) is 2. The molecule has 2 aromatic rings. The molecule has 0 aromatic heterocycles. The zero-order chi connectivity index (χ0) is 25.1. The minimum absolute atomic E-state index is 0.0231. The highest BCUT2D eigenvalue weighted by atomic mass is 32.2. The number of benzene rings is 2. The van der Waals surface area contributed by atoms with Gasteiger partial charge in [-0.15, -0.1) is 0 Å². The number of hydrogen-bond acceptors (Lipinski definition) is 6. The number of rotatable bonds is 8. The van der Waals surface area contributed by atoms with E-state index in [9.17, 15) is 21.6 Å². The van der Waals surface area contributed by atoms with Crippen molar-refractivity contribution in [2.24, 2.45) is 5.92 Å². The maximum atomic E-state index is 12.8. The fourth-order valence-corrected chi connectivity index (χ4v) is 5.92. The first kappa shape index (κ1) is 25.9. The van der Waals surface area contributed by atoms with Crippen molar-refractivity contribution in [1.82, 2.24) is 8.61 Å². The number of methoxy groups -OCH3 is 1. The lowest BCUT2D eigenvalue weighted by Gasteiger charge is -2.32. The van der Waals surface area contributed by atoms with Gasteiger partial charge in [0.05, 0.1) is 23.6 Å². The summed E-state index contributed by atoms with van der Waals surface area (Å²) >= 11 is 0. The predicted octanol–water partition coefficient (Wildman–Crippen LogP) is 2.26. The first-order valence-electron chi connectivity index (χ1n) is 10.7. The third kappa shape index (κ3) is 5.87. The van der Waals surface area contributed by atoms with E-state index in [2.05, 4.69) is 10.0 Å². The Hall–Kier alpha value is -2.67. The molecule has 0 bridgehead atoms. The van der Waals surface area contributed by atoms with Gasteiger partial charge in [0.25, 0.3) is 20.2 Å². The normalized spacial score (nSPS) is 17.4. The summed E-state index contributed by atoms with van der Waals surface area (Å²) in [5.74, 6) is -0.407. The van der Waals surface area contributed by atoms with Crippen molar-refractivity contribution in [3.05, 3.63) is 48.0 Å². The van der Waals surface area contributed by atoms with Gasteiger partial charge in [0.2, 0.25) is 5.91 Å². The highest BCUT2D eigenvalue weighted by Crippen LogP contribution is 2.28. The second-order valence-corrected chi connectivity index (χ2v) is 12.1. The second-order valence-electron chi connectivity index (χ2n) is 8.31. The minimum Gasteiger partial charge on any atom is -0.495 e. The van der Waals surface area contributed by atoms with E-state index in [1.807, 2.05) is 13.0 Å². The van der Waals surface area contributed by atoms with E-state index < -0.39 is 26.2 Å². The van der Waals surface area contributed by atoms with Gasteiger partial charge >= 0.3 is 0 Å². The van der Waals surface area contributed by atoms with E-state index in [-0.39, 0.29) is 17.3 Å². The minimum atomic E-state index is -3.88. The number of ether oxygens (including phenoxy) is 1. The molecule has 3 rings (SSSR count). The number of piperidine rings is 1. The monoisotopic (exact) mass is 510 g/mol. The molecule has 2 aromatic carbocycles. The molecule has 1 atom stereocenters. The highest BCUT2D eigenvalue weighted by molar-refractivity contribution is 7.92. The summed E-state index contributed by atoms with van der Waals surface area (Å²) in [6.07, 6.45) is 1.15. The van der Waals surface area contributed by atoms with Crippen LogP contribution in [0.5, 0.6) is 5.75 Å². The molecule has 12 heteroatoms. The molecular weight excluding hydrogens is 480 g/mol. The Bertz CT molecular complexity index is 1240. The van der Waals surface area contributed by atoms with Crippen LogP contribution < -0.4 is 14.8 Å². The molecule has 1 saturated heterocycles. The average molecular weight is 511 g/mol. The Balaban J connectivity index is 1.69. The Labute approximate surface area is 201 Å². The Kier molecular flexibility index (Phi) is 7.86. The summed E-state index contributed by atoms with van der Waals surface area (Å²) in [4.78, 5) is 12.8. The summed E-state index contributed by atoms with van der Waals surface area (Å²) in [5, 5.41) is 2.76. The molecule has 2 N–H and O–H groups in total. The fraction of sp³-hybridized carbons (Fsp3) is 0.409. The number of carbonyl (C=O) groups excluding carboxylic acids is 1. The highest BCUT2D eigenvalue weighted by Gasteiger charge is 2.33. The van der Waals surface area contributed by atoms with Gasteiger partial charge in [-0.05, 0) is 61.7 Å². The van der Waals surface area contributed by atoms with Gasteiger partial charge < -0.3 is 10.1 Å². The number of carbonyl (C=O) groups is 1. The zero-order valence-corrected chi connectivity index (χ0v) is 21.2. The first-order chi connectivity index (χ1) is 15.9. The van der Waals surface area contributed by atoms with Crippen LogP contribution >= 0.6 is 0 Å². The summed E-state index contributed by atoms with van der Waals surface area (Å²) in [7, 11) is -3.10. The van der Waals surface area contributed by atoms with Gasteiger partial charge in [0.1, 0.15) is 5.75 Å². The predicted molar refractivity (Wildman–Crippen MR) is 131 cm³/mol. The van der Waals surface area contributed by atoms with E-state index in [4.69, 9.17) is 4.74 Å². The van der Waals surface area contributed by atoms with Crippen LogP contribution in [-0.4, -0.2) is 65.6 Å². The number of aryl methyl sites for hydroxylation is 1.